The predicted octanol–water partition coefficient (Wildman–Crippen LogP) is 2.74. The second kappa shape index (κ2) is 9.11. The van der Waals surface area contributed by atoms with Crippen molar-refractivity contribution in [3.05, 3.63) is 31.2 Å². The second-order valence-electron chi connectivity index (χ2n) is 1.69. The van der Waals surface area contributed by atoms with E-state index in [4.69, 9.17) is 58.0 Å². The Bertz CT molecular complexity index is 283. The molecule has 0 unspecified atom stereocenters. The molecule has 1 rings (SSSR count). The molecule has 14 heavy (non-hydrogen) atoms. The minimum Gasteiger partial charge on any atom is -0.412 e. The van der Waals surface area contributed by atoms with Crippen molar-refractivity contribution in [1.29, 1.82) is 0 Å². The van der Waals surface area contributed by atoms with Gasteiger partial charge in [0, 0.05) is 32.3 Å². The van der Waals surface area contributed by atoms with E-state index in [1.54, 1.807) is 0 Å². The van der Waals surface area contributed by atoms with Crippen molar-refractivity contribution in [2.24, 2.45) is 0 Å². The van der Waals surface area contributed by atoms with Crippen LogP contribution in [0.3, 0.4) is 0 Å². The number of halogens is 5. The summed E-state index contributed by atoms with van der Waals surface area (Å²) in [6.45, 7) is 0. The minimum absolute atomic E-state index is 0. The van der Waals surface area contributed by atoms with E-state index in [1.165, 1.54) is 0 Å². The normalized spacial score (nSPS) is 8.07. The van der Waals surface area contributed by atoms with Crippen LogP contribution < -0.4 is 0 Å². The van der Waals surface area contributed by atoms with Gasteiger partial charge in [-0.1, -0.05) is 58.0 Å². The van der Waals surface area contributed by atoms with E-state index in [0.29, 0.717) is 0 Å². The molecule has 8 heteroatoms. The standard InChI is InChI=1S/C6Cl5.Al.H2O.Zr.3H/c7-2-1-3(8)5(10)6(11)4(2)9;;;;;;/h;;1H2;;;;. The quantitative estimate of drug-likeness (QED) is 0.372. The summed E-state index contributed by atoms with van der Waals surface area (Å²) in [5, 5.41) is 0.838. The summed E-state index contributed by atoms with van der Waals surface area (Å²) in [7, 11) is 0. The summed E-state index contributed by atoms with van der Waals surface area (Å²) >= 11 is 28.0. The molecule has 0 spiro atoms. The molecule has 0 aromatic heterocycles. The van der Waals surface area contributed by atoms with E-state index in [1.807, 2.05) is 0 Å². The first-order chi connectivity index (χ1) is 5.04. The molecule has 1 nitrogen and oxygen atoms in total. The van der Waals surface area contributed by atoms with E-state index >= 15 is 0 Å². The fourth-order valence-electron chi connectivity index (χ4n) is 0.495. The maximum Gasteiger partial charge on any atom is 0.187 e. The molecule has 1 aromatic rings. The molecule has 0 atom stereocenters. The van der Waals surface area contributed by atoms with Crippen LogP contribution in [0.2, 0.25) is 25.1 Å². The molecule has 0 saturated heterocycles. The van der Waals surface area contributed by atoms with Gasteiger partial charge in [0.1, 0.15) is 0 Å². The summed E-state index contributed by atoms with van der Waals surface area (Å²) in [6.07, 6.45) is 0. The number of hydrogen-bond acceptors (Lipinski definition) is 0. The van der Waals surface area contributed by atoms with Crippen molar-refractivity contribution in [1.82, 2.24) is 0 Å². The average molecular weight is 389 g/mol. The van der Waals surface area contributed by atoms with Gasteiger partial charge < -0.3 is 5.48 Å². The molecular formula is C6H5AlCl5OZr. The smallest absolute Gasteiger partial charge is 0.187 e. The number of rotatable bonds is 0. The van der Waals surface area contributed by atoms with Gasteiger partial charge in [-0.25, -0.2) is 0 Å². The maximum absolute atomic E-state index is 5.64. The van der Waals surface area contributed by atoms with Crippen molar-refractivity contribution >= 4 is 75.4 Å². The van der Waals surface area contributed by atoms with Crippen LogP contribution in [0.1, 0.15) is 0 Å². The first-order valence-corrected chi connectivity index (χ1v) is 4.33. The Balaban J connectivity index is -0.000000403. The Labute approximate surface area is 137 Å². The Morgan fingerprint density at radius 2 is 1.00 bits per heavy atom. The van der Waals surface area contributed by atoms with Crippen LogP contribution >= 0.6 is 58.0 Å². The van der Waals surface area contributed by atoms with Crippen molar-refractivity contribution in [3.8, 4) is 0 Å². The molecule has 0 heterocycles. The average Bonchev–Trinajstić information content (AvgIpc) is 1.97. The van der Waals surface area contributed by atoms with Gasteiger partial charge in [-0.3, -0.25) is 0 Å². The predicted molar refractivity (Wildman–Crippen MR) is 63.9 cm³/mol. The molecule has 1 aromatic carbocycles. The van der Waals surface area contributed by atoms with Crippen LogP contribution in [0.4, 0.5) is 0 Å². The van der Waals surface area contributed by atoms with E-state index in [2.05, 4.69) is 6.07 Å². The van der Waals surface area contributed by atoms with Gasteiger partial charge in [-0.2, -0.15) is 0 Å². The van der Waals surface area contributed by atoms with E-state index in [0.717, 1.165) is 0 Å². The topological polar surface area (TPSA) is 31.5 Å². The third-order valence-electron chi connectivity index (χ3n) is 0.990. The zero-order chi connectivity index (χ0) is 8.59. The van der Waals surface area contributed by atoms with Crippen molar-refractivity contribution in [3.63, 3.8) is 0 Å². The molecule has 0 aliphatic carbocycles. The number of hydrogen-bond donors (Lipinski definition) is 0. The summed E-state index contributed by atoms with van der Waals surface area (Å²) in [5.41, 5.74) is 0. The fraction of sp³-hybridized carbons (Fsp3) is 0. The maximum atomic E-state index is 5.64. The minimum atomic E-state index is 0. The fourth-order valence-corrected chi connectivity index (χ4v) is 1.54. The molecule has 0 bridgehead atoms. The third-order valence-corrected chi connectivity index (χ3v) is 3.08. The summed E-state index contributed by atoms with van der Waals surface area (Å²) < 4.78 is 0. The third kappa shape index (κ3) is 4.92. The Morgan fingerprint density at radius 3 is 1.29 bits per heavy atom. The first kappa shape index (κ1) is 21.3. The molecule has 0 aliphatic heterocycles. The van der Waals surface area contributed by atoms with Gasteiger partial charge in [-0.15, -0.1) is 0 Å². The van der Waals surface area contributed by atoms with Crippen molar-refractivity contribution < 1.29 is 31.7 Å². The van der Waals surface area contributed by atoms with Crippen LogP contribution in [0, 0.1) is 6.07 Å². The van der Waals surface area contributed by atoms with Crippen LogP contribution in [-0.2, 0) is 26.2 Å². The van der Waals surface area contributed by atoms with E-state index in [9.17, 15) is 0 Å². The van der Waals surface area contributed by atoms with Gasteiger partial charge >= 0.3 is 0 Å². The molecule has 0 amide bonds. The zero-order valence-corrected chi connectivity index (χ0v) is 12.1. The Kier molecular flexibility index (Phi) is 13.9. The van der Waals surface area contributed by atoms with Gasteiger partial charge in [0.05, 0.1) is 25.1 Å². The van der Waals surface area contributed by atoms with E-state index in [-0.39, 0.29) is 74.2 Å². The molecule has 0 aliphatic rings. The summed E-state index contributed by atoms with van der Waals surface area (Å²) in [5.74, 6) is 0. The van der Waals surface area contributed by atoms with Crippen LogP contribution in [0.15, 0.2) is 0 Å². The summed E-state index contributed by atoms with van der Waals surface area (Å²) in [4.78, 5) is 0. The molecule has 77 valence electrons. The van der Waals surface area contributed by atoms with Gasteiger partial charge in [0.25, 0.3) is 0 Å². The van der Waals surface area contributed by atoms with Crippen LogP contribution in [0.5, 0.6) is 0 Å². The van der Waals surface area contributed by atoms with Gasteiger partial charge in [0.2, 0.25) is 0 Å². The largest absolute Gasteiger partial charge is 0.412 e. The molecule has 1 radical (unpaired) electrons. The van der Waals surface area contributed by atoms with Crippen LogP contribution in [-0.4, -0.2) is 22.8 Å². The van der Waals surface area contributed by atoms with Crippen molar-refractivity contribution in [2.75, 3.05) is 0 Å². The Morgan fingerprint density at radius 1 is 0.714 bits per heavy atom. The SMILES string of the molecule is Clc1[c]c(Cl)c(Cl)c(Cl)c1Cl.O.[AlH3].[Zr]. The molecule has 0 saturated carbocycles. The Hall–Kier alpha value is 2.05. The van der Waals surface area contributed by atoms with Gasteiger partial charge in [-0.05, 0) is 0 Å². The first-order valence-electron chi connectivity index (χ1n) is 2.44. The van der Waals surface area contributed by atoms with Crippen molar-refractivity contribution in [2.45, 2.75) is 0 Å². The molecule has 0 fully saturated rings. The molecular weight excluding hydrogens is 384 g/mol. The van der Waals surface area contributed by atoms with Gasteiger partial charge in [0.15, 0.2) is 17.4 Å². The monoisotopic (exact) mass is 385 g/mol. The summed E-state index contributed by atoms with van der Waals surface area (Å²) in [6, 6.07) is 2.53. The number of benzene rings is 1. The van der Waals surface area contributed by atoms with E-state index < -0.39 is 0 Å². The second-order valence-corrected chi connectivity index (χ2v) is 3.58. The zero-order valence-electron chi connectivity index (χ0n) is 5.89. The van der Waals surface area contributed by atoms with Crippen LogP contribution in [0.25, 0.3) is 0 Å². The molecule has 2 N–H and O–H groups in total.